The predicted molar refractivity (Wildman–Crippen MR) is 139 cm³/mol. The summed E-state index contributed by atoms with van der Waals surface area (Å²) in [4.78, 5) is 30.6. The molecule has 0 aromatic heterocycles. The van der Waals surface area contributed by atoms with Gasteiger partial charge in [-0.1, -0.05) is 12.1 Å². The molecule has 2 aliphatic heterocycles. The van der Waals surface area contributed by atoms with Crippen LogP contribution < -0.4 is 15.8 Å². The average Bonchev–Trinajstić information content (AvgIpc) is 3.44. The molecule has 3 atom stereocenters. The van der Waals surface area contributed by atoms with E-state index in [-0.39, 0.29) is 24.0 Å². The normalized spacial score (nSPS) is 21.7. The highest BCUT2D eigenvalue weighted by molar-refractivity contribution is 5.97. The Labute approximate surface area is 217 Å². The van der Waals surface area contributed by atoms with Crippen molar-refractivity contribution >= 4 is 11.8 Å². The molecule has 0 bridgehead atoms. The first-order valence-electron chi connectivity index (χ1n) is 13.0. The Morgan fingerprint density at radius 2 is 1.92 bits per heavy atom. The summed E-state index contributed by atoms with van der Waals surface area (Å²) in [5.41, 5.74) is 7.13. The largest absolute Gasteiger partial charge is 0.497 e. The van der Waals surface area contributed by atoms with E-state index in [1.54, 1.807) is 12.0 Å². The molecular formula is C28H37FN4O4. The molecule has 37 heavy (non-hydrogen) atoms. The van der Waals surface area contributed by atoms with E-state index in [2.05, 4.69) is 22.3 Å². The van der Waals surface area contributed by atoms with Gasteiger partial charge in [0.2, 0.25) is 5.91 Å². The third-order valence-corrected chi connectivity index (χ3v) is 7.20. The number of rotatable bonds is 10. The number of methoxy groups -OCH3 is 1. The highest BCUT2D eigenvalue weighted by Gasteiger charge is 2.39. The van der Waals surface area contributed by atoms with Gasteiger partial charge in [-0.05, 0) is 67.6 Å². The standard InChI is InChI=1S/C28H37FN4O4/c1-36-24-10-4-20(5-11-24)18-32(19-25-3-2-16-37-25)23-12-15-33(26(17-23)27(34)31-14-13-30)28(35)21-6-8-22(29)9-7-21/h4-11,23,25-26H,2-3,12-19,30H2,1H3,(H,31,34)/t23?,25?,26-/m1/s1. The van der Waals surface area contributed by atoms with E-state index in [0.29, 0.717) is 38.2 Å². The van der Waals surface area contributed by atoms with Gasteiger partial charge < -0.3 is 25.4 Å². The van der Waals surface area contributed by atoms with Gasteiger partial charge in [-0.15, -0.1) is 0 Å². The number of carbonyl (C=O) groups is 2. The maximum atomic E-state index is 13.4. The van der Waals surface area contributed by atoms with Gasteiger partial charge in [-0.3, -0.25) is 14.5 Å². The molecule has 2 aliphatic rings. The van der Waals surface area contributed by atoms with Crippen LogP contribution in [-0.2, 0) is 16.1 Å². The molecule has 2 aromatic rings. The zero-order chi connectivity index (χ0) is 26.2. The van der Waals surface area contributed by atoms with Gasteiger partial charge in [-0.25, -0.2) is 4.39 Å². The number of likely N-dealkylation sites (tertiary alicyclic amines) is 1. The lowest BCUT2D eigenvalue weighted by Crippen LogP contribution is -2.58. The number of hydrogen-bond acceptors (Lipinski definition) is 6. The van der Waals surface area contributed by atoms with Gasteiger partial charge >= 0.3 is 0 Å². The van der Waals surface area contributed by atoms with Crippen LogP contribution in [0.25, 0.3) is 0 Å². The predicted octanol–water partition coefficient (Wildman–Crippen LogP) is 2.56. The summed E-state index contributed by atoms with van der Waals surface area (Å²) in [5.74, 6) is -0.0891. The SMILES string of the molecule is COc1ccc(CN(CC2CCCO2)C2CCN(C(=O)c3ccc(F)cc3)[C@@H](C(=O)NCCN)C2)cc1. The van der Waals surface area contributed by atoms with Crippen molar-refractivity contribution < 1.29 is 23.5 Å². The number of amides is 2. The molecule has 9 heteroatoms. The van der Waals surface area contributed by atoms with Crippen molar-refractivity contribution in [3.8, 4) is 5.75 Å². The summed E-state index contributed by atoms with van der Waals surface area (Å²) < 4.78 is 24.7. The van der Waals surface area contributed by atoms with Crippen molar-refractivity contribution in [2.45, 2.75) is 50.4 Å². The summed E-state index contributed by atoms with van der Waals surface area (Å²) in [6, 6.07) is 12.9. The molecule has 2 saturated heterocycles. The highest BCUT2D eigenvalue weighted by atomic mass is 19.1. The molecule has 0 spiro atoms. The van der Waals surface area contributed by atoms with E-state index < -0.39 is 11.9 Å². The highest BCUT2D eigenvalue weighted by Crippen LogP contribution is 2.28. The number of nitrogens with zero attached hydrogens (tertiary/aromatic N) is 2. The van der Waals surface area contributed by atoms with Gasteiger partial charge in [0.25, 0.3) is 5.91 Å². The van der Waals surface area contributed by atoms with E-state index in [9.17, 15) is 14.0 Å². The molecule has 0 aliphatic carbocycles. The molecule has 2 amide bonds. The number of halogens is 1. The third kappa shape index (κ3) is 7.06. The quantitative estimate of drug-likeness (QED) is 0.508. The fraction of sp³-hybridized carbons (Fsp3) is 0.500. The molecule has 2 unspecified atom stereocenters. The number of hydrogen-bond donors (Lipinski definition) is 2. The van der Waals surface area contributed by atoms with Gasteiger partial charge in [0.15, 0.2) is 0 Å². The molecule has 200 valence electrons. The van der Waals surface area contributed by atoms with E-state index in [0.717, 1.165) is 43.7 Å². The number of benzene rings is 2. The molecule has 4 rings (SSSR count). The van der Waals surface area contributed by atoms with Crippen LogP contribution in [0.1, 0.15) is 41.6 Å². The molecular weight excluding hydrogens is 475 g/mol. The van der Waals surface area contributed by atoms with Crippen LogP contribution >= 0.6 is 0 Å². The molecule has 2 aromatic carbocycles. The van der Waals surface area contributed by atoms with Gasteiger partial charge in [0.05, 0.1) is 13.2 Å². The average molecular weight is 513 g/mol. The monoisotopic (exact) mass is 512 g/mol. The molecule has 0 radical (unpaired) electrons. The zero-order valence-corrected chi connectivity index (χ0v) is 21.4. The van der Waals surface area contributed by atoms with Crippen LogP contribution in [0.15, 0.2) is 48.5 Å². The summed E-state index contributed by atoms with van der Waals surface area (Å²) in [6.45, 7) is 3.32. The van der Waals surface area contributed by atoms with Crippen LogP contribution in [0.2, 0.25) is 0 Å². The number of piperidine rings is 1. The second-order valence-corrected chi connectivity index (χ2v) is 9.69. The Kier molecular flexibility index (Phi) is 9.49. The summed E-state index contributed by atoms with van der Waals surface area (Å²) >= 11 is 0. The van der Waals surface area contributed by atoms with Crippen molar-refractivity contribution in [2.75, 3.05) is 39.9 Å². The van der Waals surface area contributed by atoms with Crippen LogP contribution in [0, 0.1) is 5.82 Å². The zero-order valence-electron chi connectivity index (χ0n) is 21.4. The van der Waals surface area contributed by atoms with Crippen LogP contribution in [0.5, 0.6) is 5.75 Å². The molecule has 0 saturated carbocycles. The first-order chi connectivity index (χ1) is 18.0. The molecule has 8 nitrogen and oxygen atoms in total. The summed E-state index contributed by atoms with van der Waals surface area (Å²) in [6.07, 6.45) is 3.43. The van der Waals surface area contributed by atoms with Crippen molar-refractivity contribution in [3.63, 3.8) is 0 Å². The Morgan fingerprint density at radius 1 is 1.16 bits per heavy atom. The number of nitrogens with one attached hydrogen (secondary N) is 1. The minimum Gasteiger partial charge on any atom is -0.497 e. The summed E-state index contributed by atoms with van der Waals surface area (Å²) in [7, 11) is 1.65. The molecule has 2 fully saturated rings. The lowest BCUT2D eigenvalue weighted by atomic mass is 9.93. The van der Waals surface area contributed by atoms with Crippen molar-refractivity contribution in [1.29, 1.82) is 0 Å². The lowest BCUT2D eigenvalue weighted by Gasteiger charge is -2.43. The first-order valence-corrected chi connectivity index (χ1v) is 13.0. The summed E-state index contributed by atoms with van der Waals surface area (Å²) in [5, 5.41) is 2.87. The van der Waals surface area contributed by atoms with E-state index in [1.807, 2.05) is 12.1 Å². The fourth-order valence-electron chi connectivity index (χ4n) is 5.20. The van der Waals surface area contributed by atoms with Crippen molar-refractivity contribution in [1.82, 2.24) is 15.1 Å². The molecule has 2 heterocycles. The van der Waals surface area contributed by atoms with E-state index in [4.69, 9.17) is 15.2 Å². The molecule has 3 N–H and O–H groups in total. The lowest BCUT2D eigenvalue weighted by molar-refractivity contribution is -0.127. The van der Waals surface area contributed by atoms with Crippen molar-refractivity contribution in [2.24, 2.45) is 5.73 Å². The van der Waals surface area contributed by atoms with E-state index >= 15 is 0 Å². The van der Waals surface area contributed by atoms with Crippen LogP contribution in [-0.4, -0.2) is 79.7 Å². The maximum Gasteiger partial charge on any atom is 0.254 e. The maximum absolute atomic E-state index is 13.4. The van der Waals surface area contributed by atoms with Gasteiger partial charge in [0.1, 0.15) is 17.6 Å². The Morgan fingerprint density at radius 3 is 2.57 bits per heavy atom. The first kappa shape index (κ1) is 27.0. The Balaban J connectivity index is 1.54. The van der Waals surface area contributed by atoms with Gasteiger partial charge in [0, 0.05) is 50.9 Å². The van der Waals surface area contributed by atoms with Crippen molar-refractivity contribution in [3.05, 3.63) is 65.5 Å². The smallest absolute Gasteiger partial charge is 0.254 e. The Bertz CT molecular complexity index is 1030. The second-order valence-electron chi connectivity index (χ2n) is 9.69. The second kappa shape index (κ2) is 13.0. The van der Waals surface area contributed by atoms with E-state index in [1.165, 1.54) is 24.3 Å². The fourth-order valence-corrected chi connectivity index (χ4v) is 5.20. The number of ether oxygens (including phenoxy) is 2. The topological polar surface area (TPSA) is 97.1 Å². The number of nitrogens with two attached hydrogens (primary N) is 1. The Hall–Kier alpha value is -3.01. The van der Waals surface area contributed by atoms with Crippen LogP contribution in [0.3, 0.4) is 0 Å². The minimum atomic E-state index is -0.647. The number of carbonyl (C=O) groups excluding carboxylic acids is 2. The van der Waals surface area contributed by atoms with Gasteiger partial charge in [-0.2, -0.15) is 0 Å². The van der Waals surface area contributed by atoms with Crippen LogP contribution in [0.4, 0.5) is 4.39 Å². The third-order valence-electron chi connectivity index (χ3n) is 7.20. The minimum absolute atomic E-state index is 0.0807.